The van der Waals surface area contributed by atoms with E-state index in [9.17, 15) is 9.59 Å². The van der Waals surface area contributed by atoms with E-state index in [1.54, 1.807) is 14.2 Å². The number of carbonyl (C=O) groups is 2. The van der Waals surface area contributed by atoms with Gasteiger partial charge in [-0.1, -0.05) is 6.07 Å². The van der Waals surface area contributed by atoms with Crippen molar-refractivity contribution in [3.8, 4) is 11.5 Å². The molecule has 0 bridgehead atoms. The predicted molar refractivity (Wildman–Crippen MR) is 90.2 cm³/mol. The van der Waals surface area contributed by atoms with E-state index in [1.165, 1.54) is 5.01 Å². The van der Waals surface area contributed by atoms with E-state index in [-0.39, 0.29) is 17.9 Å². The molecule has 0 spiro atoms. The quantitative estimate of drug-likeness (QED) is 0.862. The summed E-state index contributed by atoms with van der Waals surface area (Å²) in [6.07, 6.45) is 0.655. The van der Waals surface area contributed by atoms with Crippen LogP contribution in [0.1, 0.15) is 38.3 Å². The van der Waals surface area contributed by atoms with E-state index in [4.69, 9.17) is 9.47 Å². The molecule has 24 heavy (non-hydrogen) atoms. The van der Waals surface area contributed by atoms with E-state index < -0.39 is 0 Å². The number of nitrogens with zero attached hydrogens (tertiary/aromatic N) is 2. The largest absolute Gasteiger partial charge is 0.493 e. The van der Waals surface area contributed by atoms with Gasteiger partial charge in [0.1, 0.15) is 5.71 Å². The molecule has 1 aromatic rings. The van der Waals surface area contributed by atoms with Crippen LogP contribution in [-0.2, 0) is 9.59 Å². The number of hydrazone groups is 1. The molecule has 0 saturated heterocycles. The van der Waals surface area contributed by atoms with Crippen LogP contribution >= 0.6 is 0 Å². The van der Waals surface area contributed by atoms with E-state index in [0.29, 0.717) is 36.7 Å². The van der Waals surface area contributed by atoms with Crippen LogP contribution in [0.2, 0.25) is 0 Å². The summed E-state index contributed by atoms with van der Waals surface area (Å²) in [7, 11) is 3.13. The minimum atomic E-state index is -0.269. The van der Waals surface area contributed by atoms with Gasteiger partial charge in [-0.3, -0.25) is 9.59 Å². The van der Waals surface area contributed by atoms with Crippen LogP contribution in [0.5, 0.6) is 11.5 Å². The first-order valence-electron chi connectivity index (χ1n) is 7.91. The van der Waals surface area contributed by atoms with Crippen molar-refractivity contribution in [2.75, 3.05) is 20.8 Å². The Hall–Kier alpha value is -2.57. The lowest BCUT2D eigenvalue weighted by Gasteiger charge is -2.21. The minimum Gasteiger partial charge on any atom is -0.493 e. The van der Waals surface area contributed by atoms with E-state index in [2.05, 4.69) is 10.4 Å². The number of methoxy groups -OCH3 is 1. The zero-order chi connectivity index (χ0) is 17.7. The molecule has 130 valence electrons. The SMILES string of the molecule is CCOc1ccc(C(C)NC(=O)C2=NN(C)C(=O)CC2)cc1OC. The Kier molecular flexibility index (Phi) is 5.78. The molecule has 1 aliphatic heterocycles. The topological polar surface area (TPSA) is 80.2 Å². The van der Waals surface area contributed by atoms with Gasteiger partial charge in [0, 0.05) is 19.9 Å². The zero-order valence-corrected chi connectivity index (χ0v) is 14.5. The molecule has 0 radical (unpaired) electrons. The monoisotopic (exact) mass is 333 g/mol. The molecule has 0 fully saturated rings. The van der Waals surface area contributed by atoms with Crippen molar-refractivity contribution >= 4 is 17.5 Å². The van der Waals surface area contributed by atoms with Gasteiger partial charge in [0.15, 0.2) is 11.5 Å². The van der Waals surface area contributed by atoms with Gasteiger partial charge >= 0.3 is 0 Å². The van der Waals surface area contributed by atoms with Crippen molar-refractivity contribution in [2.45, 2.75) is 32.7 Å². The van der Waals surface area contributed by atoms with Crippen LogP contribution in [0.3, 0.4) is 0 Å². The average Bonchev–Trinajstić information content (AvgIpc) is 2.57. The van der Waals surface area contributed by atoms with Gasteiger partial charge in [-0.2, -0.15) is 5.10 Å². The third-order valence-electron chi connectivity index (χ3n) is 3.80. The fraction of sp³-hybridized carbons (Fsp3) is 0.471. The molecular weight excluding hydrogens is 310 g/mol. The van der Waals surface area contributed by atoms with Gasteiger partial charge in [-0.15, -0.1) is 0 Å². The predicted octanol–water partition coefficient (Wildman–Crippen LogP) is 1.88. The first-order chi connectivity index (χ1) is 11.5. The van der Waals surface area contributed by atoms with Crippen LogP contribution in [0.4, 0.5) is 0 Å². The third-order valence-corrected chi connectivity index (χ3v) is 3.80. The number of amides is 2. The normalized spacial score (nSPS) is 15.6. The van der Waals surface area contributed by atoms with Crippen LogP contribution < -0.4 is 14.8 Å². The fourth-order valence-electron chi connectivity index (χ4n) is 2.42. The van der Waals surface area contributed by atoms with Crippen molar-refractivity contribution in [1.29, 1.82) is 0 Å². The Bertz CT molecular complexity index is 657. The summed E-state index contributed by atoms with van der Waals surface area (Å²) in [5, 5.41) is 8.14. The molecule has 1 unspecified atom stereocenters. The van der Waals surface area contributed by atoms with Crippen molar-refractivity contribution in [3.63, 3.8) is 0 Å². The van der Waals surface area contributed by atoms with Gasteiger partial charge in [0.25, 0.3) is 5.91 Å². The summed E-state index contributed by atoms with van der Waals surface area (Å²) in [6, 6.07) is 5.32. The Labute approximate surface area is 141 Å². The van der Waals surface area contributed by atoms with Crippen molar-refractivity contribution < 1.29 is 19.1 Å². The number of carbonyl (C=O) groups excluding carboxylic acids is 2. The summed E-state index contributed by atoms with van der Waals surface area (Å²) in [5.41, 5.74) is 1.26. The summed E-state index contributed by atoms with van der Waals surface area (Å²) in [5.74, 6) is 0.931. The van der Waals surface area contributed by atoms with Crippen molar-refractivity contribution in [2.24, 2.45) is 5.10 Å². The highest BCUT2D eigenvalue weighted by molar-refractivity contribution is 6.39. The second-order valence-corrected chi connectivity index (χ2v) is 5.50. The molecule has 0 aromatic heterocycles. The first-order valence-corrected chi connectivity index (χ1v) is 7.91. The molecule has 2 amide bonds. The molecule has 0 aliphatic carbocycles. The number of rotatable bonds is 6. The highest BCUT2D eigenvalue weighted by Crippen LogP contribution is 2.30. The maximum absolute atomic E-state index is 12.3. The average molecular weight is 333 g/mol. The van der Waals surface area contributed by atoms with E-state index in [0.717, 1.165) is 5.56 Å². The maximum atomic E-state index is 12.3. The Morgan fingerprint density at radius 2 is 2.12 bits per heavy atom. The number of hydrogen-bond acceptors (Lipinski definition) is 5. The number of ether oxygens (including phenoxy) is 2. The molecule has 1 aliphatic rings. The van der Waals surface area contributed by atoms with Crippen LogP contribution in [0.25, 0.3) is 0 Å². The van der Waals surface area contributed by atoms with Gasteiger partial charge in [0.2, 0.25) is 5.91 Å². The van der Waals surface area contributed by atoms with Gasteiger partial charge in [-0.25, -0.2) is 5.01 Å². The fourth-order valence-corrected chi connectivity index (χ4v) is 2.42. The summed E-state index contributed by atoms with van der Waals surface area (Å²) >= 11 is 0. The molecular formula is C17H23N3O4. The van der Waals surface area contributed by atoms with Gasteiger partial charge in [0.05, 0.1) is 19.8 Å². The molecule has 7 heteroatoms. The molecule has 2 rings (SSSR count). The Morgan fingerprint density at radius 3 is 2.75 bits per heavy atom. The molecule has 0 saturated carbocycles. The lowest BCUT2D eigenvalue weighted by Crippen LogP contribution is -2.38. The summed E-state index contributed by atoms with van der Waals surface area (Å²) < 4.78 is 10.8. The zero-order valence-electron chi connectivity index (χ0n) is 14.5. The lowest BCUT2D eigenvalue weighted by atomic mass is 10.1. The second-order valence-electron chi connectivity index (χ2n) is 5.50. The highest BCUT2D eigenvalue weighted by Gasteiger charge is 2.23. The number of nitrogens with one attached hydrogen (secondary N) is 1. The molecule has 7 nitrogen and oxygen atoms in total. The summed E-state index contributed by atoms with van der Waals surface area (Å²) in [4.78, 5) is 23.7. The minimum absolute atomic E-state index is 0.0872. The van der Waals surface area contributed by atoms with Gasteiger partial charge < -0.3 is 14.8 Å². The van der Waals surface area contributed by atoms with Crippen molar-refractivity contribution in [3.05, 3.63) is 23.8 Å². The highest BCUT2D eigenvalue weighted by atomic mass is 16.5. The lowest BCUT2D eigenvalue weighted by molar-refractivity contribution is -0.130. The standard InChI is InChI=1S/C17H23N3O4/c1-5-24-14-8-6-12(10-15(14)23-4)11(2)18-17(22)13-7-9-16(21)20(3)19-13/h6,8,10-11H,5,7,9H2,1-4H3,(H,18,22). The Balaban J connectivity index is 2.09. The van der Waals surface area contributed by atoms with Crippen LogP contribution in [-0.4, -0.2) is 43.3 Å². The second kappa shape index (κ2) is 7.81. The molecule has 1 N–H and O–H groups in total. The molecule has 1 atom stereocenters. The molecule has 1 heterocycles. The smallest absolute Gasteiger partial charge is 0.267 e. The Morgan fingerprint density at radius 1 is 1.38 bits per heavy atom. The molecule has 1 aromatic carbocycles. The van der Waals surface area contributed by atoms with Crippen molar-refractivity contribution in [1.82, 2.24) is 10.3 Å². The van der Waals surface area contributed by atoms with Gasteiger partial charge in [-0.05, 0) is 31.5 Å². The number of hydrogen-bond donors (Lipinski definition) is 1. The van der Waals surface area contributed by atoms with Crippen LogP contribution in [0, 0.1) is 0 Å². The van der Waals surface area contributed by atoms with Crippen LogP contribution in [0.15, 0.2) is 23.3 Å². The van der Waals surface area contributed by atoms with E-state index >= 15 is 0 Å². The summed E-state index contributed by atoms with van der Waals surface area (Å²) in [6.45, 7) is 4.34. The van der Waals surface area contributed by atoms with E-state index in [1.807, 2.05) is 32.0 Å². The number of benzene rings is 1. The first kappa shape index (κ1) is 17.8. The maximum Gasteiger partial charge on any atom is 0.267 e. The third kappa shape index (κ3) is 4.04.